The third-order valence-corrected chi connectivity index (χ3v) is 4.39. The molecule has 1 heterocycles. The number of methoxy groups -OCH3 is 1. The Balaban J connectivity index is 1.62. The molecule has 0 radical (unpaired) electrons. The van der Waals surface area contributed by atoms with E-state index in [1.54, 1.807) is 23.9 Å². The van der Waals surface area contributed by atoms with Gasteiger partial charge in [-0.15, -0.1) is 16.9 Å². The van der Waals surface area contributed by atoms with Gasteiger partial charge in [-0.3, -0.25) is 10.1 Å². The van der Waals surface area contributed by atoms with E-state index in [-0.39, 0.29) is 11.4 Å². The van der Waals surface area contributed by atoms with Gasteiger partial charge < -0.3 is 4.74 Å². The van der Waals surface area contributed by atoms with Crippen LogP contribution in [0.5, 0.6) is 5.75 Å². The van der Waals surface area contributed by atoms with Gasteiger partial charge in [0.25, 0.3) is 0 Å². The Bertz CT molecular complexity index is 686. The van der Waals surface area contributed by atoms with Gasteiger partial charge in [-0.1, -0.05) is 6.07 Å². The third-order valence-electron chi connectivity index (χ3n) is 3.39. The molecule has 0 spiro atoms. The Morgan fingerprint density at radius 1 is 1.45 bits per heavy atom. The fourth-order valence-corrected chi connectivity index (χ4v) is 3.03. The van der Waals surface area contributed by atoms with Crippen LogP contribution in [0.3, 0.4) is 0 Å². The van der Waals surface area contributed by atoms with Crippen molar-refractivity contribution in [3.63, 3.8) is 0 Å². The molecule has 1 fully saturated rings. The number of hydrogen-bond acceptors (Lipinski definition) is 7. The van der Waals surface area contributed by atoms with Gasteiger partial charge in [0, 0.05) is 11.8 Å². The zero-order chi connectivity index (χ0) is 15.5. The summed E-state index contributed by atoms with van der Waals surface area (Å²) in [5, 5.41) is 22.8. The second-order valence-corrected chi connectivity index (χ2v) is 6.01. The molecule has 1 aromatic heterocycles. The van der Waals surface area contributed by atoms with E-state index in [9.17, 15) is 10.1 Å². The van der Waals surface area contributed by atoms with Crippen LogP contribution in [-0.2, 0) is 11.5 Å². The summed E-state index contributed by atoms with van der Waals surface area (Å²) in [5.74, 6) is 2.47. The smallest absolute Gasteiger partial charge is 0.311 e. The molecular weight excluding hydrogens is 306 g/mol. The fourth-order valence-electron chi connectivity index (χ4n) is 2.14. The van der Waals surface area contributed by atoms with Crippen LogP contribution in [0.4, 0.5) is 5.69 Å². The number of thioether (sulfide) groups is 1. The Kier molecular flexibility index (Phi) is 4.23. The monoisotopic (exact) mass is 321 g/mol. The summed E-state index contributed by atoms with van der Waals surface area (Å²) in [5.41, 5.74) is 0.867. The quantitative estimate of drug-likeness (QED) is 0.570. The summed E-state index contributed by atoms with van der Waals surface area (Å²) in [6.45, 7) is 0. The Labute approximate surface area is 131 Å². The van der Waals surface area contributed by atoms with E-state index in [0.29, 0.717) is 17.5 Å². The average molecular weight is 321 g/mol. The van der Waals surface area contributed by atoms with Crippen molar-refractivity contribution in [3.05, 3.63) is 39.7 Å². The molecule has 9 heteroatoms. The second-order valence-electron chi connectivity index (χ2n) is 5.03. The van der Waals surface area contributed by atoms with Crippen molar-refractivity contribution in [2.75, 3.05) is 7.11 Å². The highest BCUT2D eigenvalue weighted by molar-refractivity contribution is 7.97. The maximum Gasteiger partial charge on any atom is 0.311 e. The summed E-state index contributed by atoms with van der Waals surface area (Å²) in [7, 11) is 1.43. The first-order valence-electron chi connectivity index (χ1n) is 6.85. The SMILES string of the molecule is COc1ccc(CSCc2nnnn2C2CC2)cc1[N+](=O)[O-]. The summed E-state index contributed by atoms with van der Waals surface area (Å²) < 4.78 is 6.87. The molecule has 0 unspecified atom stereocenters. The van der Waals surface area contributed by atoms with Gasteiger partial charge >= 0.3 is 5.69 Å². The maximum atomic E-state index is 11.0. The lowest BCUT2D eigenvalue weighted by molar-refractivity contribution is -0.385. The first-order chi connectivity index (χ1) is 10.7. The molecule has 0 saturated heterocycles. The lowest BCUT2D eigenvalue weighted by atomic mass is 10.2. The molecule has 1 aromatic carbocycles. The molecule has 3 rings (SSSR count). The third kappa shape index (κ3) is 3.19. The van der Waals surface area contributed by atoms with Crippen molar-refractivity contribution < 1.29 is 9.66 Å². The van der Waals surface area contributed by atoms with E-state index < -0.39 is 4.92 Å². The van der Waals surface area contributed by atoms with Gasteiger partial charge in [-0.05, 0) is 34.9 Å². The Morgan fingerprint density at radius 3 is 2.95 bits per heavy atom. The van der Waals surface area contributed by atoms with Crippen LogP contribution in [0, 0.1) is 10.1 Å². The Morgan fingerprint density at radius 2 is 2.27 bits per heavy atom. The highest BCUT2D eigenvalue weighted by Crippen LogP contribution is 2.35. The maximum absolute atomic E-state index is 11.0. The topological polar surface area (TPSA) is 96.0 Å². The zero-order valence-electron chi connectivity index (χ0n) is 12.0. The van der Waals surface area contributed by atoms with E-state index >= 15 is 0 Å². The molecular formula is C13H15N5O3S. The van der Waals surface area contributed by atoms with Crippen molar-refractivity contribution in [1.29, 1.82) is 0 Å². The number of rotatable bonds is 7. The Hall–Kier alpha value is -2.16. The lowest BCUT2D eigenvalue weighted by Gasteiger charge is -2.05. The second kappa shape index (κ2) is 6.30. The number of benzene rings is 1. The van der Waals surface area contributed by atoms with Crippen LogP contribution in [-0.4, -0.2) is 32.2 Å². The molecule has 0 N–H and O–H groups in total. The van der Waals surface area contributed by atoms with Crippen molar-refractivity contribution in [2.45, 2.75) is 30.4 Å². The van der Waals surface area contributed by atoms with Crippen molar-refractivity contribution in [3.8, 4) is 5.75 Å². The highest BCUT2D eigenvalue weighted by atomic mass is 32.2. The molecule has 8 nitrogen and oxygen atoms in total. The van der Waals surface area contributed by atoms with Crippen molar-refractivity contribution in [2.24, 2.45) is 0 Å². The van der Waals surface area contributed by atoms with Crippen molar-refractivity contribution in [1.82, 2.24) is 20.2 Å². The number of aromatic nitrogens is 4. The number of tetrazole rings is 1. The number of ether oxygens (including phenoxy) is 1. The predicted octanol–water partition coefficient (Wildman–Crippen LogP) is 2.36. The van der Waals surface area contributed by atoms with Crippen LogP contribution in [0.1, 0.15) is 30.3 Å². The van der Waals surface area contributed by atoms with Gasteiger partial charge in [0.2, 0.25) is 0 Å². The van der Waals surface area contributed by atoms with Crippen LogP contribution >= 0.6 is 11.8 Å². The van der Waals surface area contributed by atoms with Crippen molar-refractivity contribution >= 4 is 17.4 Å². The van der Waals surface area contributed by atoms with Crippen LogP contribution in [0.2, 0.25) is 0 Å². The summed E-state index contributed by atoms with van der Waals surface area (Å²) in [4.78, 5) is 10.6. The van der Waals surface area contributed by atoms with Crippen LogP contribution in [0.25, 0.3) is 0 Å². The van der Waals surface area contributed by atoms with E-state index in [0.717, 1.165) is 24.2 Å². The summed E-state index contributed by atoms with van der Waals surface area (Å²) in [6.07, 6.45) is 2.26. The number of nitro groups is 1. The minimum Gasteiger partial charge on any atom is -0.490 e. The first-order valence-corrected chi connectivity index (χ1v) is 8.00. The molecule has 0 bridgehead atoms. The highest BCUT2D eigenvalue weighted by Gasteiger charge is 2.27. The lowest BCUT2D eigenvalue weighted by Crippen LogP contribution is -2.02. The minimum atomic E-state index is -0.430. The van der Waals surface area contributed by atoms with Gasteiger partial charge in [-0.2, -0.15) is 0 Å². The summed E-state index contributed by atoms with van der Waals surface area (Å²) >= 11 is 1.63. The van der Waals surface area contributed by atoms with E-state index in [1.165, 1.54) is 7.11 Å². The van der Waals surface area contributed by atoms with Gasteiger partial charge in [-0.25, -0.2) is 4.68 Å². The van der Waals surface area contributed by atoms with E-state index in [2.05, 4.69) is 15.5 Å². The molecule has 1 aliphatic rings. The predicted molar refractivity (Wildman–Crippen MR) is 80.7 cm³/mol. The molecule has 0 aliphatic heterocycles. The van der Waals surface area contributed by atoms with Crippen LogP contribution < -0.4 is 4.74 Å². The number of nitro benzene ring substituents is 1. The standard InChI is InChI=1S/C13H15N5O3S/c1-21-12-5-2-9(6-11(12)18(19)20)7-22-8-13-14-15-16-17(13)10-3-4-10/h2,5-6,10H,3-4,7-8H2,1H3. The average Bonchev–Trinajstić information content (AvgIpc) is 3.26. The normalized spacial score (nSPS) is 14.0. The minimum absolute atomic E-state index is 0.0107. The van der Waals surface area contributed by atoms with E-state index in [4.69, 9.17) is 4.74 Å². The molecule has 0 atom stereocenters. The molecule has 2 aromatic rings. The molecule has 116 valence electrons. The first kappa shape index (κ1) is 14.8. The molecule has 1 aliphatic carbocycles. The zero-order valence-corrected chi connectivity index (χ0v) is 12.8. The molecule has 22 heavy (non-hydrogen) atoms. The van der Waals surface area contributed by atoms with E-state index in [1.807, 2.05) is 10.7 Å². The molecule has 1 saturated carbocycles. The van der Waals surface area contributed by atoms with Crippen LogP contribution in [0.15, 0.2) is 18.2 Å². The van der Waals surface area contributed by atoms with Gasteiger partial charge in [0.15, 0.2) is 11.6 Å². The fraction of sp³-hybridized carbons (Fsp3) is 0.462. The number of hydrogen-bond donors (Lipinski definition) is 0. The molecule has 0 amide bonds. The summed E-state index contributed by atoms with van der Waals surface area (Å²) in [6, 6.07) is 5.47. The number of nitrogens with zero attached hydrogens (tertiary/aromatic N) is 5. The largest absolute Gasteiger partial charge is 0.490 e. The van der Waals surface area contributed by atoms with Gasteiger partial charge in [0.1, 0.15) is 0 Å². The van der Waals surface area contributed by atoms with Gasteiger partial charge in [0.05, 0.1) is 23.8 Å².